The second-order valence-electron chi connectivity index (χ2n) is 3.50. The number of nitrogen functional groups attached to an aromatic ring is 1. The van der Waals surface area contributed by atoms with E-state index in [9.17, 15) is 0 Å². The normalized spacial score (nSPS) is 10.6. The molecule has 0 aliphatic heterocycles. The van der Waals surface area contributed by atoms with Crippen molar-refractivity contribution in [1.29, 1.82) is 5.41 Å². The minimum absolute atomic E-state index is 0.129. The molecule has 0 atom stereocenters. The van der Waals surface area contributed by atoms with Crippen molar-refractivity contribution >= 4 is 28.4 Å². The van der Waals surface area contributed by atoms with E-state index in [0.717, 1.165) is 16.7 Å². The molecule has 0 radical (unpaired) electrons. The molecule has 0 spiro atoms. The van der Waals surface area contributed by atoms with Crippen LogP contribution in [-0.4, -0.2) is 11.6 Å². The number of rotatable bonds is 3. The Hall–Kier alpha value is -1.48. The number of benzene rings is 2. The van der Waals surface area contributed by atoms with Gasteiger partial charge in [-0.3, -0.25) is 5.41 Å². The van der Waals surface area contributed by atoms with Crippen molar-refractivity contribution < 1.29 is 0 Å². The van der Waals surface area contributed by atoms with Crippen LogP contribution < -0.4 is 5.73 Å². The van der Waals surface area contributed by atoms with Gasteiger partial charge >= 0.3 is 0 Å². The third-order valence-electron chi connectivity index (χ3n) is 2.47. The summed E-state index contributed by atoms with van der Waals surface area (Å²) in [6, 6.07) is 12.1. The van der Waals surface area contributed by atoms with E-state index in [-0.39, 0.29) is 5.84 Å². The first kappa shape index (κ1) is 11.0. The standard InChI is InChI=1S/C13H14N2S/c1-2-16-12-8-7-11(13(14)15)9-5-3-4-6-10(9)12/h3-8H,2H2,1H3,(H3,14,15). The van der Waals surface area contributed by atoms with Gasteiger partial charge in [-0.25, -0.2) is 0 Å². The van der Waals surface area contributed by atoms with Crippen molar-refractivity contribution in [3.63, 3.8) is 0 Å². The van der Waals surface area contributed by atoms with Gasteiger partial charge in [0.25, 0.3) is 0 Å². The van der Waals surface area contributed by atoms with E-state index in [1.807, 2.05) is 42.1 Å². The first-order chi connectivity index (χ1) is 7.74. The highest BCUT2D eigenvalue weighted by atomic mass is 32.2. The molecule has 0 bridgehead atoms. The molecule has 0 fully saturated rings. The van der Waals surface area contributed by atoms with Crippen molar-refractivity contribution in [3.05, 3.63) is 42.0 Å². The van der Waals surface area contributed by atoms with Gasteiger partial charge in [0.2, 0.25) is 0 Å². The molecule has 0 unspecified atom stereocenters. The molecular weight excluding hydrogens is 216 g/mol. The molecular formula is C13H14N2S. The third kappa shape index (κ3) is 1.91. The van der Waals surface area contributed by atoms with Crippen LogP contribution in [0.5, 0.6) is 0 Å². The highest BCUT2D eigenvalue weighted by molar-refractivity contribution is 7.99. The highest BCUT2D eigenvalue weighted by Crippen LogP contribution is 2.29. The third-order valence-corrected chi connectivity index (χ3v) is 3.43. The lowest BCUT2D eigenvalue weighted by molar-refractivity contribution is 1.42. The Morgan fingerprint density at radius 3 is 2.50 bits per heavy atom. The number of thioether (sulfide) groups is 1. The molecule has 2 nitrogen and oxygen atoms in total. The average Bonchev–Trinajstić information content (AvgIpc) is 2.29. The zero-order valence-corrected chi connectivity index (χ0v) is 9.97. The molecule has 0 aromatic heterocycles. The molecule has 2 aromatic carbocycles. The van der Waals surface area contributed by atoms with Crippen LogP contribution in [0.3, 0.4) is 0 Å². The largest absolute Gasteiger partial charge is 0.384 e. The maximum Gasteiger partial charge on any atom is 0.123 e. The van der Waals surface area contributed by atoms with Gasteiger partial charge in [0.1, 0.15) is 5.84 Å². The molecule has 3 heteroatoms. The van der Waals surface area contributed by atoms with E-state index < -0.39 is 0 Å². The van der Waals surface area contributed by atoms with E-state index in [1.165, 1.54) is 10.3 Å². The molecule has 0 saturated carbocycles. The summed E-state index contributed by atoms with van der Waals surface area (Å²) in [5.74, 6) is 1.17. The predicted octanol–water partition coefficient (Wildman–Crippen LogP) is 3.24. The molecule has 0 aliphatic rings. The van der Waals surface area contributed by atoms with Crippen LogP contribution in [0.4, 0.5) is 0 Å². The van der Waals surface area contributed by atoms with Crippen LogP contribution in [0.1, 0.15) is 12.5 Å². The van der Waals surface area contributed by atoms with E-state index in [4.69, 9.17) is 11.1 Å². The fourth-order valence-corrected chi connectivity index (χ4v) is 2.60. The number of amidine groups is 1. The maximum absolute atomic E-state index is 7.56. The summed E-state index contributed by atoms with van der Waals surface area (Å²) in [7, 11) is 0. The lowest BCUT2D eigenvalue weighted by atomic mass is 10.0. The summed E-state index contributed by atoms with van der Waals surface area (Å²) in [5, 5.41) is 9.81. The molecule has 3 N–H and O–H groups in total. The van der Waals surface area contributed by atoms with Crippen molar-refractivity contribution in [2.75, 3.05) is 5.75 Å². The number of hydrogen-bond acceptors (Lipinski definition) is 2. The van der Waals surface area contributed by atoms with Crippen LogP contribution in [-0.2, 0) is 0 Å². The Morgan fingerprint density at radius 2 is 1.88 bits per heavy atom. The lowest BCUT2D eigenvalue weighted by Crippen LogP contribution is -2.11. The van der Waals surface area contributed by atoms with Gasteiger partial charge in [-0.2, -0.15) is 0 Å². The monoisotopic (exact) mass is 230 g/mol. The number of nitrogens with two attached hydrogens (primary N) is 1. The Morgan fingerprint density at radius 1 is 1.19 bits per heavy atom. The van der Waals surface area contributed by atoms with E-state index in [1.54, 1.807) is 0 Å². The zero-order chi connectivity index (χ0) is 11.5. The Balaban J connectivity index is 2.71. The van der Waals surface area contributed by atoms with Gasteiger partial charge in [0.05, 0.1) is 0 Å². The topological polar surface area (TPSA) is 49.9 Å². The Labute approximate surface area is 99.4 Å². The molecule has 16 heavy (non-hydrogen) atoms. The second-order valence-corrected chi connectivity index (χ2v) is 4.81. The maximum atomic E-state index is 7.56. The SMILES string of the molecule is CCSc1ccc(C(=N)N)c2ccccc12. The predicted molar refractivity (Wildman–Crippen MR) is 71.4 cm³/mol. The molecule has 2 aromatic rings. The molecule has 0 saturated heterocycles. The van der Waals surface area contributed by atoms with Crippen molar-refractivity contribution in [1.82, 2.24) is 0 Å². The summed E-state index contributed by atoms with van der Waals surface area (Å²) in [6.45, 7) is 2.14. The van der Waals surface area contributed by atoms with Crippen LogP contribution in [0.15, 0.2) is 41.3 Å². The number of hydrogen-bond donors (Lipinski definition) is 2. The first-order valence-electron chi connectivity index (χ1n) is 5.23. The minimum Gasteiger partial charge on any atom is -0.384 e. The number of fused-ring (bicyclic) bond motifs is 1. The van der Waals surface area contributed by atoms with E-state index in [0.29, 0.717) is 0 Å². The van der Waals surface area contributed by atoms with Gasteiger partial charge in [0.15, 0.2) is 0 Å². The summed E-state index contributed by atoms with van der Waals surface area (Å²) in [4.78, 5) is 1.25. The van der Waals surface area contributed by atoms with Gasteiger partial charge in [-0.1, -0.05) is 31.2 Å². The second kappa shape index (κ2) is 4.58. The molecule has 0 amide bonds. The quantitative estimate of drug-likeness (QED) is 0.483. The van der Waals surface area contributed by atoms with Crippen molar-refractivity contribution in [2.24, 2.45) is 5.73 Å². The molecule has 2 rings (SSSR count). The van der Waals surface area contributed by atoms with Gasteiger partial charge in [-0.15, -0.1) is 11.8 Å². The summed E-state index contributed by atoms with van der Waals surface area (Å²) in [5.41, 5.74) is 6.40. The van der Waals surface area contributed by atoms with E-state index >= 15 is 0 Å². The summed E-state index contributed by atoms with van der Waals surface area (Å²) in [6.07, 6.45) is 0. The minimum atomic E-state index is 0.129. The highest BCUT2D eigenvalue weighted by Gasteiger charge is 2.06. The summed E-state index contributed by atoms with van der Waals surface area (Å²) >= 11 is 1.81. The number of nitrogens with one attached hydrogen (secondary N) is 1. The molecule has 0 aliphatic carbocycles. The van der Waals surface area contributed by atoms with Crippen LogP contribution >= 0.6 is 11.8 Å². The smallest absolute Gasteiger partial charge is 0.123 e. The van der Waals surface area contributed by atoms with Crippen LogP contribution in [0, 0.1) is 5.41 Å². The van der Waals surface area contributed by atoms with Crippen LogP contribution in [0.2, 0.25) is 0 Å². The molecule has 82 valence electrons. The van der Waals surface area contributed by atoms with E-state index in [2.05, 4.69) is 13.0 Å². The lowest BCUT2D eigenvalue weighted by Gasteiger charge is -2.09. The first-order valence-corrected chi connectivity index (χ1v) is 6.21. The van der Waals surface area contributed by atoms with Gasteiger partial charge in [0, 0.05) is 10.5 Å². The summed E-state index contributed by atoms with van der Waals surface area (Å²) < 4.78 is 0. The van der Waals surface area contributed by atoms with Crippen molar-refractivity contribution in [2.45, 2.75) is 11.8 Å². The molecule has 0 heterocycles. The van der Waals surface area contributed by atoms with Crippen molar-refractivity contribution in [3.8, 4) is 0 Å². The van der Waals surface area contributed by atoms with Gasteiger partial charge in [-0.05, 0) is 28.7 Å². The van der Waals surface area contributed by atoms with Crippen LogP contribution in [0.25, 0.3) is 10.8 Å². The van der Waals surface area contributed by atoms with Gasteiger partial charge < -0.3 is 5.73 Å². The average molecular weight is 230 g/mol. The fraction of sp³-hybridized carbons (Fsp3) is 0.154. The fourth-order valence-electron chi connectivity index (χ4n) is 1.79. The Kier molecular flexibility index (Phi) is 3.15. The Bertz CT molecular complexity index is 534. The zero-order valence-electron chi connectivity index (χ0n) is 9.16.